The lowest BCUT2D eigenvalue weighted by Crippen LogP contribution is -2.52. The summed E-state index contributed by atoms with van der Waals surface area (Å²) in [6.45, 7) is 3.53. The molecule has 7 nitrogen and oxygen atoms in total. The van der Waals surface area contributed by atoms with Gasteiger partial charge in [0.15, 0.2) is 0 Å². The van der Waals surface area contributed by atoms with Gasteiger partial charge in [0.25, 0.3) is 0 Å². The van der Waals surface area contributed by atoms with Crippen LogP contribution >= 0.6 is 12.4 Å². The Bertz CT molecular complexity index is 658. The molecular formula is C16H25ClN2O5S. The number of nitrogens with one attached hydrogen (secondary N) is 2. The first-order chi connectivity index (χ1) is 11.4. The van der Waals surface area contributed by atoms with E-state index in [9.17, 15) is 13.2 Å². The van der Waals surface area contributed by atoms with Gasteiger partial charge in [0.1, 0.15) is 0 Å². The van der Waals surface area contributed by atoms with Gasteiger partial charge in [-0.2, -0.15) is 0 Å². The van der Waals surface area contributed by atoms with Gasteiger partial charge in [-0.3, -0.25) is 0 Å². The maximum atomic E-state index is 12.4. The molecule has 1 unspecified atom stereocenters. The van der Waals surface area contributed by atoms with Crippen LogP contribution in [-0.2, 0) is 19.5 Å². The van der Waals surface area contributed by atoms with Crippen LogP contribution < -0.4 is 10.0 Å². The summed E-state index contributed by atoms with van der Waals surface area (Å²) < 4.78 is 37.6. The SMILES string of the molecule is CCOC(=O)c1ccc(S(=O)(=O)NCC2(COC)CCCN2)cc1.Cl. The Morgan fingerprint density at radius 1 is 1.32 bits per heavy atom. The molecule has 142 valence electrons. The molecular weight excluding hydrogens is 368 g/mol. The largest absolute Gasteiger partial charge is 0.462 e. The Kier molecular flexibility index (Phi) is 8.30. The van der Waals surface area contributed by atoms with E-state index in [2.05, 4.69) is 10.0 Å². The standard InChI is InChI=1S/C16H24N2O5S.ClH/c1-3-23-15(19)13-5-7-14(8-6-13)24(20,21)18-11-16(12-22-2)9-4-10-17-16;/h5-8,17-18H,3-4,9-12H2,1-2H3;1H. The number of esters is 1. The molecule has 1 aromatic carbocycles. The van der Waals surface area contributed by atoms with Crippen molar-refractivity contribution in [1.29, 1.82) is 0 Å². The smallest absolute Gasteiger partial charge is 0.338 e. The molecule has 1 aliphatic heterocycles. The molecule has 0 aromatic heterocycles. The summed E-state index contributed by atoms with van der Waals surface area (Å²) in [5.74, 6) is -0.469. The highest BCUT2D eigenvalue weighted by Gasteiger charge is 2.34. The van der Waals surface area contributed by atoms with Gasteiger partial charge in [0, 0.05) is 13.7 Å². The highest BCUT2D eigenvalue weighted by Crippen LogP contribution is 2.20. The van der Waals surface area contributed by atoms with E-state index in [1.165, 1.54) is 24.3 Å². The molecule has 2 rings (SSSR count). The van der Waals surface area contributed by atoms with Gasteiger partial charge in [0.05, 0.1) is 29.2 Å². The summed E-state index contributed by atoms with van der Waals surface area (Å²) in [5.41, 5.74) is -0.0451. The van der Waals surface area contributed by atoms with E-state index in [1.807, 2.05) is 0 Å². The molecule has 0 aliphatic carbocycles. The highest BCUT2D eigenvalue weighted by molar-refractivity contribution is 7.89. The van der Waals surface area contributed by atoms with Gasteiger partial charge in [-0.15, -0.1) is 12.4 Å². The van der Waals surface area contributed by atoms with Gasteiger partial charge < -0.3 is 14.8 Å². The third-order valence-electron chi connectivity index (χ3n) is 4.03. The van der Waals surface area contributed by atoms with E-state index < -0.39 is 16.0 Å². The van der Waals surface area contributed by atoms with Crippen molar-refractivity contribution in [2.45, 2.75) is 30.2 Å². The molecule has 1 heterocycles. The zero-order valence-corrected chi connectivity index (χ0v) is 16.0. The van der Waals surface area contributed by atoms with E-state index in [-0.39, 0.29) is 36.0 Å². The number of hydrogen-bond donors (Lipinski definition) is 2. The number of benzene rings is 1. The van der Waals surface area contributed by atoms with Crippen molar-refractivity contribution in [2.75, 3.05) is 33.4 Å². The first-order valence-electron chi connectivity index (χ1n) is 7.93. The maximum absolute atomic E-state index is 12.4. The van der Waals surface area contributed by atoms with Crippen molar-refractivity contribution in [3.8, 4) is 0 Å². The van der Waals surface area contributed by atoms with Crippen molar-refractivity contribution in [1.82, 2.24) is 10.0 Å². The Morgan fingerprint density at radius 2 is 2.00 bits per heavy atom. The Labute approximate surface area is 154 Å². The first kappa shape index (κ1) is 21.9. The average Bonchev–Trinajstić information content (AvgIpc) is 3.03. The molecule has 0 radical (unpaired) electrons. The lowest BCUT2D eigenvalue weighted by Gasteiger charge is -2.28. The normalized spacial score (nSPS) is 20.1. The van der Waals surface area contributed by atoms with Crippen molar-refractivity contribution in [3.63, 3.8) is 0 Å². The van der Waals surface area contributed by atoms with E-state index in [1.54, 1.807) is 14.0 Å². The first-order valence-corrected chi connectivity index (χ1v) is 9.41. The minimum absolute atomic E-state index is 0. The average molecular weight is 393 g/mol. The second-order valence-electron chi connectivity index (χ2n) is 5.81. The summed E-state index contributed by atoms with van der Waals surface area (Å²) in [6.07, 6.45) is 1.84. The fourth-order valence-corrected chi connectivity index (χ4v) is 3.90. The molecule has 9 heteroatoms. The molecule has 1 atom stereocenters. The topological polar surface area (TPSA) is 93.7 Å². The van der Waals surface area contributed by atoms with E-state index in [0.717, 1.165) is 19.4 Å². The number of rotatable bonds is 8. The maximum Gasteiger partial charge on any atom is 0.338 e. The van der Waals surface area contributed by atoms with Crippen LogP contribution in [0.4, 0.5) is 0 Å². The third kappa shape index (κ3) is 5.65. The fourth-order valence-electron chi connectivity index (χ4n) is 2.77. The Balaban J connectivity index is 0.00000312. The molecule has 25 heavy (non-hydrogen) atoms. The summed E-state index contributed by atoms with van der Waals surface area (Å²) >= 11 is 0. The number of carbonyl (C=O) groups excluding carboxylic acids is 1. The predicted molar refractivity (Wildman–Crippen MR) is 96.7 cm³/mol. The minimum Gasteiger partial charge on any atom is -0.462 e. The molecule has 1 fully saturated rings. The zero-order chi connectivity index (χ0) is 17.6. The fraction of sp³-hybridized carbons (Fsp3) is 0.562. The number of hydrogen-bond acceptors (Lipinski definition) is 6. The van der Waals surface area contributed by atoms with Crippen molar-refractivity contribution >= 4 is 28.4 Å². The van der Waals surface area contributed by atoms with Gasteiger partial charge in [-0.1, -0.05) is 0 Å². The number of ether oxygens (including phenoxy) is 2. The molecule has 0 amide bonds. The van der Waals surface area contributed by atoms with Gasteiger partial charge in [-0.25, -0.2) is 17.9 Å². The predicted octanol–water partition coefficient (Wildman–Crippen LogP) is 1.33. The zero-order valence-electron chi connectivity index (χ0n) is 14.4. The van der Waals surface area contributed by atoms with Gasteiger partial charge >= 0.3 is 5.97 Å². The molecule has 2 N–H and O–H groups in total. The molecule has 1 saturated heterocycles. The van der Waals surface area contributed by atoms with Crippen molar-refractivity contribution < 1.29 is 22.7 Å². The lowest BCUT2D eigenvalue weighted by atomic mass is 9.99. The molecule has 1 aliphatic rings. The van der Waals surface area contributed by atoms with Crippen LogP contribution in [0, 0.1) is 0 Å². The van der Waals surface area contributed by atoms with Crippen LogP contribution in [0.25, 0.3) is 0 Å². The highest BCUT2D eigenvalue weighted by atomic mass is 35.5. The monoisotopic (exact) mass is 392 g/mol. The molecule has 0 saturated carbocycles. The van der Waals surface area contributed by atoms with Gasteiger partial charge in [0.2, 0.25) is 10.0 Å². The van der Waals surface area contributed by atoms with E-state index >= 15 is 0 Å². The van der Waals surface area contributed by atoms with Crippen LogP contribution in [-0.4, -0.2) is 53.3 Å². The Hall–Kier alpha value is -1.19. The van der Waals surface area contributed by atoms with Crippen LogP contribution in [0.5, 0.6) is 0 Å². The number of sulfonamides is 1. The summed E-state index contributed by atoms with van der Waals surface area (Å²) in [7, 11) is -2.06. The Morgan fingerprint density at radius 3 is 2.52 bits per heavy atom. The quantitative estimate of drug-likeness (QED) is 0.648. The molecule has 0 bridgehead atoms. The number of carbonyl (C=O) groups is 1. The summed E-state index contributed by atoms with van der Waals surface area (Å²) in [5, 5.41) is 3.32. The van der Waals surface area contributed by atoms with Crippen LogP contribution in [0.1, 0.15) is 30.1 Å². The van der Waals surface area contributed by atoms with E-state index in [4.69, 9.17) is 9.47 Å². The second kappa shape index (κ2) is 9.49. The van der Waals surface area contributed by atoms with Crippen LogP contribution in [0.3, 0.4) is 0 Å². The second-order valence-corrected chi connectivity index (χ2v) is 7.58. The minimum atomic E-state index is -3.66. The third-order valence-corrected chi connectivity index (χ3v) is 5.45. The summed E-state index contributed by atoms with van der Waals surface area (Å²) in [4.78, 5) is 11.7. The lowest BCUT2D eigenvalue weighted by molar-refractivity contribution is 0.0526. The van der Waals surface area contributed by atoms with E-state index in [0.29, 0.717) is 12.2 Å². The molecule has 0 spiro atoms. The number of halogens is 1. The van der Waals surface area contributed by atoms with Crippen molar-refractivity contribution in [3.05, 3.63) is 29.8 Å². The van der Waals surface area contributed by atoms with Crippen molar-refractivity contribution in [2.24, 2.45) is 0 Å². The van der Waals surface area contributed by atoms with Gasteiger partial charge in [-0.05, 0) is 50.6 Å². The summed E-state index contributed by atoms with van der Waals surface area (Å²) in [6, 6.07) is 5.70. The number of methoxy groups -OCH3 is 1. The van der Waals surface area contributed by atoms with Crippen LogP contribution in [0.15, 0.2) is 29.2 Å². The van der Waals surface area contributed by atoms with Crippen LogP contribution in [0.2, 0.25) is 0 Å². The molecule has 1 aromatic rings.